The maximum absolute atomic E-state index is 10.9. The zero-order chi connectivity index (χ0) is 13.4. The van der Waals surface area contributed by atoms with Crippen LogP contribution in [0.3, 0.4) is 0 Å². The van der Waals surface area contributed by atoms with Crippen molar-refractivity contribution in [2.75, 3.05) is 0 Å². The number of carbonyl (C=O) groups is 2. The van der Waals surface area contributed by atoms with E-state index in [4.69, 9.17) is 15.9 Å². The van der Waals surface area contributed by atoms with Crippen molar-refractivity contribution in [3.63, 3.8) is 0 Å². The second-order valence-electron chi connectivity index (χ2n) is 2.79. The first kappa shape index (κ1) is 15.9. The van der Waals surface area contributed by atoms with Crippen LogP contribution in [-0.2, 0) is 18.7 Å². The summed E-state index contributed by atoms with van der Waals surface area (Å²) in [6.45, 7) is 0. The molecule has 17 heavy (non-hydrogen) atoms. The minimum absolute atomic E-state index is 0.476. The monoisotopic (exact) mass is 278 g/mol. The SMILES string of the molecule is NC(C[C@@H](C(=O)O)N(C#P=O)C#P=O)C(=O)O. The molecular formula is C7H8N2O6P2. The summed E-state index contributed by atoms with van der Waals surface area (Å²) in [5.74, 6) is 1.22. The Hall–Kier alpha value is -1.12. The van der Waals surface area contributed by atoms with Crippen molar-refractivity contribution in [3.05, 3.63) is 0 Å². The van der Waals surface area contributed by atoms with E-state index in [1.807, 2.05) is 11.5 Å². The molecule has 4 N–H and O–H groups in total. The van der Waals surface area contributed by atoms with Crippen molar-refractivity contribution in [3.8, 4) is 11.5 Å². The van der Waals surface area contributed by atoms with Crippen LogP contribution in [-0.4, -0.2) is 39.1 Å². The molecule has 0 amide bonds. The summed E-state index contributed by atoms with van der Waals surface area (Å²) < 4.78 is 20.6. The van der Waals surface area contributed by atoms with Crippen LogP contribution in [0.25, 0.3) is 0 Å². The van der Waals surface area contributed by atoms with Crippen molar-refractivity contribution >= 4 is 27.8 Å². The molecule has 0 aromatic rings. The summed E-state index contributed by atoms with van der Waals surface area (Å²) in [7, 11) is -1.31. The normalized spacial score (nSPS) is 13.1. The Morgan fingerprint density at radius 2 is 1.65 bits per heavy atom. The third-order valence-corrected chi connectivity index (χ3v) is 2.28. The van der Waals surface area contributed by atoms with E-state index in [1.165, 1.54) is 0 Å². The van der Waals surface area contributed by atoms with Gasteiger partial charge in [-0.05, 0) is 0 Å². The summed E-state index contributed by atoms with van der Waals surface area (Å²) in [5, 5.41) is 17.4. The van der Waals surface area contributed by atoms with E-state index in [-0.39, 0.29) is 0 Å². The zero-order valence-electron chi connectivity index (χ0n) is 8.31. The second-order valence-corrected chi connectivity index (χ2v) is 3.55. The molecule has 0 fully saturated rings. The second kappa shape index (κ2) is 8.04. The fourth-order valence-corrected chi connectivity index (χ4v) is 1.54. The summed E-state index contributed by atoms with van der Waals surface area (Å²) in [6.07, 6.45) is -0.476. The van der Waals surface area contributed by atoms with Gasteiger partial charge in [0.2, 0.25) is 0 Å². The first-order chi connectivity index (χ1) is 7.93. The molecule has 1 unspecified atom stereocenters. The van der Waals surface area contributed by atoms with Crippen LogP contribution in [0.2, 0.25) is 0 Å². The third-order valence-electron chi connectivity index (χ3n) is 1.69. The Morgan fingerprint density at radius 1 is 1.18 bits per heavy atom. The topological polar surface area (TPSA) is 138 Å². The zero-order valence-corrected chi connectivity index (χ0v) is 10.1. The van der Waals surface area contributed by atoms with E-state index >= 15 is 0 Å². The number of hydrogen-bond donors (Lipinski definition) is 3. The number of nitrogens with zero attached hydrogens (tertiary/aromatic N) is 1. The number of carboxylic acids is 2. The maximum atomic E-state index is 10.9. The fraction of sp³-hybridized carbons (Fsp3) is 0.429. The molecular weight excluding hydrogens is 270 g/mol. The van der Waals surface area contributed by atoms with Crippen LogP contribution in [0.4, 0.5) is 0 Å². The average Bonchev–Trinajstić information content (AvgIpc) is 2.24. The van der Waals surface area contributed by atoms with Gasteiger partial charge in [-0.15, -0.1) is 0 Å². The standard InChI is InChI=1S/C7H8N2O6P2/c8-4(6(10)11)1-5(7(12)13)9(2-16-14)3-17-15/h4-5H,1,8H2,(H,10,11)(H,12,13)/t4?,5-/m0/s1. The Morgan fingerprint density at radius 3 is 1.94 bits per heavy atom. The van der Waals surface area contributed by atoms with Gasteiger partial charge in [-0.2, -0.15) is 0 Å². The van der Waals surface area contributed by atoms with Gasteiger partial charge >= 0.3 is 97.3 Å². The van der Waals surface area contributed by atoms with Crippen LogP contribution < -0.4 is 5.73 Å². The van der Waals surface area contributed by atoms with Gasteiger partial charge in [-0.1, -0.05) is 0 Å². The molecule has 0 aliphatic carbocycles. The predicted octanol–water partition coefficient (Wildman–Crippen LogP) is -0.0396. The van der Waals surface area contributed by atoms with Gasteiger partial charge in [-0.3, -0.25) is 0 Å². The number of hydrogen-bond acceptors (Lipinski definition) is 6. The molecule has 0 heterocycles. The van der Waals surface area contributed by atoms with E-state index < -0.39 is 46.3 Å². The van der Waals surface area contributed by atoms with Crippen LogP contribution in [0, 0.1) is 11.5 Å². The predicted molar refractivity (Wildman–Crippen MR) is 56.5 cm³/mol. The molecule has 0 aliphatic heterocycles. The van der Waals surface area contributed by atoms with Crippen LogP contribution in [0.15, 0.2) is 0 Å². The quantitative estimate of drug-likeness (QED) is 0.470. The molecule has 0 spiro atoms. The van der Waals surface area contributed by atoms with E-state index in [9.17, 15) is 18.7 Å². The number of aliphatic carboxylic acids is 2. The van der Waals surface area contributed by atoms with Gasteiger partial charge in [0.1, 0.15) is 0 Å². The van der Waals surface area contributed by atoms with Gasteiger partial charge < -0.3 is 0 Å². The summed E-state index contributed by atoms with van der Waals surface area (Å²) in [5.41, 5.74) is 5.18. The first-order valence-corrected chi connectivity index (χ1v) is 5.73. The van der Waals surface area contributed by atoms with Gasteiger partial charge in [0, 0.05) is 0 Å². The van der Waals surface area contributed by atoms with Crippen LogP contribution >= 0.6 is 15.8 Å². The molecule has 10 heteroatoms. The molecule has 0 bridgehead atoms. The Balaban J connectivity index is 5.15. The van der Waals surface area contributed by atoms with Gasteiger partial charge in [0.25, 0.3) is 0 Å². The molecule has 0 aromatic heterocycles. The number of carboxylic acid groups (broad SMARTS) is 2. The van der Waals surface area contributed by atoms with E-state index in [0.717, 1.165) is 0 Å². The molecule has 92 valence electrons. The van der Waals surface area contributed by atoms with E-state index in [0.29, 0.717) is 4.90 Å². The van der Waals surface area contributed by atoms with Gasteiger partial charge in [-0.25, -0.2) is 0 Å². The van der Waals surface area contributed by atoms with Gasteiger partial charge in [0.05, 0.1) is 0 Å². The molecule has 0 radical (unpaired) electrons. The Kier molecular flexibility index (Phi) is 7.51. The molecule has 0 saturated carbocycles. The first-order valence-electron chi connectivity index (χ1n) is 4.10. The van der Waals surface area contributed by atoms with E-state index in [1.54, 1.807) is 0 Å². The van der Waals surface area contributed by atoms with E-state index in [2.05, 4.69) is 0 Å². The number of nitrogens with two attached hydrogens (primary N) is 1. The molecule has 0 aromatic carbocycles. The van der Waals surface area contributed by atoms with Crippen molar-refractivity contribution in [2.24, 2.45) is 5.73 Å². The van der Waals surface area contributed by atoms with Crippen LogP contribution in [0.1, 0.15) is 6.42 Å². The summed E-state index contributed by atoms with van der Waals surface area (Å²) >= 11 is 0. The Labute approximate surface area is 98.0 Å². The van der Waals surface area contributed by atoms with Crippen molar-refractivity contribution < 1.29 is 28.9 Å². The average molecular weight is 278 g/mol. The van der Waals surface area contributed by atoms with Crippen LogP contribution in [0.5, 0.6) is 0 Å². The van der Waals surface area contributed by atoms with Crippen molar-refractivity contribution in [1.82, 2.24) is 4.90 Å². The van der Waals surface area contributed by atoms with Gasteiger partial charge in [0.15, 0.2) is 0 Å². The van der Waals surface area contributed by atoms with Crippen molar-refractivity contribution in [1.29, 1.82) is 0 Å². The molecule has 8 nitrogen and oxygen atoms in total. The Bertz CT molecular complexity index is 480. The molecule has 0 saturated heterocycles. The third kappa shape index (κ3) is 5.66. The summed E-state index contributed by atoms with van der Waals surface area (Å²) in [4.78, 5) is 22.0. The molecule has 0 rings (SSSR count). The fourth-order valence-electron chi connectivity index (χ4n) is 0.908. The molecule has 2 atom stereocenters. The number of rotatable bonds is 5. The minimum atomic E-state index is -1.45. The van der Waals surface area contributed by atoms with Crippen molar-refractivity contribution in [2.45, 2.75) is 18.5 Å². The molecule has 0 aliphatic rings. The summed E-state index contributed by atoms with van der Waals surface area (Å²) in [6, 6.07) is -2.88.